The fraction of sp³-hybridized carbons (Fsp3) is 1.00. The maximum atomic E-state index is 7.80. The largest absolute Gasteiger partial charge is 0.372 e. The van der Waals surface area contributed by atoms with Crippen molar-refractivity contribution in [1.82, 2.24) is 4.90 Å². The Balaban J connectivity index is 0.830. The summed E-state index contributed by atoms with van der Waals surface area (Å²) in [5.41, 5.74) is 0. The van der Waals surface area contributed by atoms with Gasteiger partial charge >= 0.3 is 0 Å². The third kappa shape index (κ3) is 6.71. The van der Waals surface area contributed by atoms with Gasteiger partial charge in [-0.3, -0.25) is 4.90 Å². The minimum atomic E-state index is 0.559. The SMILES string of the molecule is C1CCC2C(C1)CCCC2C1CCC(N(C2CCC(C3CCCC4CCCCC43)CC2)C2CCCC3C4CCC5SC6CCCCC6C5C4OC32)CC1. The van der Waals surface area contributed by atoms with Crippen LogP contribution in [0.5, 0.6) is 0 Å². The van der Waals surface area contributed by atoms with E-state index < -0.39 is 0 Å². The Hall–Kier alpha value is 0.270. The van der Waals surface area contributed by atoms with E-state index in [2.05, 4.69) is 16.7 Å². The van der Waals surface area contributed by atoms with Gasteiger partial charge in [0.15, 0.2) is 0 Å². The molecule has 0 aromatic rings. The molecule has 15 atom stereocenters. The van der Waals surface area contributed by atoms with Crippen LogP contribution in [0, 0.1) is 71.0 Å². The van der Waals surface area contributed by atoms with Crippen molar-refractivity contribution in [2.45, 2.75) is 240 Å². The molecule has 0 bridgehead atoms. The summed E-state index contributed by atoms with van der Waals surface area (Å²) in [6.07, 6.45) is 48.9. The first-order chi connectivity index (χ1) is 26.3. The van der Waals surface area contributed by atoms with Crippen molar-refractivity contribution in [3.05, 3.63) is 0 Å². The van der Waals surface area contributed by atoms with Crippen molar-refractivity contribution < 1.29 is 4.74 Å². The smallest absolute Gasteiger partial charge is 0.0766 e. The van der Waals surface area contributed by atoms with Crippen molar-refractivity contribution >= 4 is 11.8 Å². The standard InChI is InChI=1S/C50H81NOS/c1-3-14-38-32(10-1)12-7-17-40(38)34-22-26-36(27-23-34)51(37-28-24-35(25-29-37)41-18-8-13-33-11-2-4-15-39(33)41)45-20-9-19-42-43-30-31-47-48(50(43)52-49(42)45)44-16-5-6-21-46(44)53-47/h32-50H,1-31H2. The Morgan fingerprint density at radius 2 is 0.774 bits per heavy atom. The topological polar surface area (TPSA) is 12.5 Å². The number of nitrogens with zero attached hydrogens (tertiary/aromatic N) is 1. The molecule has 15 unspecified atom stereocenters. The molecule has 2 aliphatic heterocycles. The molecule has 3 heteroatoms. The normalized spacial score (nSPS) is 54.2. The van der Waals surface area contributed by atoms with E-state index in [0.717, 1.165) is 99.6 Å². The summed E-state index contributed by atoms with van der Waals surface area (Å²) >= 11 is 2.46. The van der Waals surface area contributed by atoms with Gasteiger partial charge in [-0.1, -0.05) is 83.5 Å². The Bertz CT molecular complexity index is 1160. The van der Waals surface area contributed by atoms with Crippen LogP contribution in [0.4, 0.5) is 0 Å². The highest BCUT2D eigenvalue weighted by Crippen LogP contribution is 2.61. The van der Waals surface area contributed by atoms with Gasteiger partial charge in [-0.2, -0.15) is 11.8 Å². The first-order valence-electron chi connectivity index (χ1n) is 25.4. The number of hydrogen-bond acceptors (Lipinski definition) is 3. The van der Waals surface area contributed by atoms with Gasteiger partial charge in [0.2, 0.25) is 0 Å². The van der Waals surface area contributed by atoms with Crippen molar-refractivity contribution in [3.8, 4) is 0 Å². The average molecular weight is 744 g/mol. The van der Waals surface area contributed by atoms with E-state index in [9.17, 15) is 0 Å². The summed E-state index contributed by atoms with van der Waals surface area (Å²) in [6.45, 7) is 0. The van der Waals surface area contributed by atoms with E-state index in [-0.39, 0.29) is 0 Å². The van der Waals surface area contributed by atoms with Gasteiger partial charge in [0, 0.05) is 34.5 Å². The van der Waals surface area contributed by atoms with E-state index in [0.29, 0.717) is 12.2 Å². The predicted octanol–water partition coefficient (Wildman–Crippen LogP) is 13.3. The van der Waals surface area contributed by atoms with Crippen LogP contribution >= 0.6 is 11.8 Å². The fourth-order valence-electron chi connectivity index (χ4n) is 18.5. The first-order valence-corrected chi connectivity index (χ1v) is 26.3. The number of thioether (sulfide) groups is 1. The van der Waals surface area contributed by atoms with Gasteiger partial charge in [0.05, 0.1) is 12.2 Å². The lowest BCUT2D eigenvalue weighted by Gasteiger charge is -2.53. The molecule has 0 radical (unpaired) electrons. The molecule has 298 valence electrons. The molecular weight excluding hydrogens is 663 g/mol. The van der Waals surface area contributed by atoms with Crippen LogP contribution in [0.2, 0.25) is 0 Å². The first kappa shape index (κ1) is 36.4. The Morgan fingerprint density at radius 3 is 1.40 bits per heavy atom. The average Bonchev–Trinajstić information content (AvgIpc) is 3.80. The van der Waals surface area contributed by atoms with Crippen molar-refractivity contribution in [3.63, 3.8) is 0 Å². The van der Waals surface area contributed by atoms with Gasteiger partial charge in [-0.25, -0.2) is 0 Å². The molecule has 0 amide bonds. The van der Waals surface area contributed by atoms with Crippen molar-refractivity contribution in [2.24, 2.45) is 71.0 Å². The second-order valence-electron chi connectivity index (χ2n) is 22.4. The van der Waals surface area contributed by atoms with E-state index in [1.807, 2.05) is 0 Å². The van der Waals surface area contributed by atoms with E-state index in [1.54, 1.807) is 103 Å². The number of rotatable bonds is 5. The zero-order valence-corrected chi connectivity index (χ0v) is 35.0. The van der Waals surface area contributed by atoms with Crippen molar-refractivity contribution in [1.29, 1.82) is 0 Å². The molecule has 2 saturated heterocycles. The minimum absolute atomic E-state index is 0.559. The fourth-order valence-corrected chi connectivity index (χ4v) is 20.5. The summed E-state index contributed by atoms with van der Waals surface area (Å²) in [7, 11) is 0. The van der Waals surface area contributed by atoms with Crippen LogP contribution in [0.25, 0.3) is 0 Å². The highest BCUT2D eigenvalue weighted by Gasteiger charge is 2.60. The molecule has 0 aromatic heterocycles. The summed E-state index contributed by atoms with van der Waals surface area (Å²) in [5, 5.41) is 1.90. The summed E-state index contributed by atoms with van der Waals surface area (Å²) < 4.78 is 7.80. The quantitative estimate of drug-likeness (QED) is 0.278. The summed E-state index contributed by atoms with van der Waals surface area (Å²) in [5.74, 6) is 12.3. The monoisotopic (exact) mass is 744 g/mol. The number of fused-ring (bicyclic) bond motifs is 9. The minimum Gasteiger partial charge on any atom is -0.372 e. The number of ether oxygens (including phenoxy) is 1. The highest BCUT2D eigenvalue weighted by molar-refractivity contribution is 8.00. The van der Waals surface area contributed by atoms with Gasteiger partial charge in [0.1, 0.15) is 0 Å². The van der Waals surface area contributed by atoms with E-state index in [1.165, 1.54) is 96.3 Å². The van der Waals surface area contributed by atoms with Crippen LogP contribution in [0.3, 0.4) is 0 Å². The lowest BCUT2D eigenvalue weighted by atomic mass is 9.59. The molecule has 0 aromatic carbocycles. The molecule has 9 saturated carbocycles. The van der Waals surface area contributed by atoms with Gasteiger partial charge in [0.25, 0.3) is 0 Å². The third-order valence-corrected chi connectivity index (χ3v) is 22.3. The maximum Gasteiger partial charge on any atom is 0.0766 e. The van der Waals surface area contributed by atoms with Crippen LogP contribution in [0.1, 0.15) is 199 Å². The third-order valence-electron chi connectivity index (χ3n) is 20.5. The molecule has 0 spiro atoms. The zero-order chi connectivity index (χ0) is 34.9. The second kappa shape index (κ2) is 15.8. The van der Waals surface area contributed by atoms with Crippen LogP contribution in [0.15, 0.2) is 0 Å². The summed E-state index contributed by atoms with van der Waals surface area (Å²) in [6, 6.07) is 2.43. The molecular formula is C50H81NOS. The number of hydrogen-bond donors (Lipinski definition) is 0. The molecule has 2 heterocycles. The molecule has 2 nitrogen and oxygen atoms in total. The molecule has 9 aliphatic carbocycles. The van der Waals surface area contributed by atoms with Crippen LogP contribution in [-0.2, 0) is 4.74 Å². The van der Waals surface area contributed by atoms with Gasteiger partial charge in [-0.05, 0) is 181 Å². The van der Waals surface area contributed by atoms with Gasteiger partial charge < -0.3 is 4.74 Å². The van der Waals surface area contributed by atoms with Crippen molar-refractivity contribution in [2.75, 3.05) is 0 Å². The zero-order valence-electron chi connectivity index (χ0n) is 34.2. The Labute approximate surface area is 331 Å². The Morgan fingerprint density at radius 1 is 0.321 bits per heavy atom. The Kier molecular flexibility index (Phi) is 10.8. The molecule has 0 N–H and O–H groups in total. The molecule has 11 fully saturated rings. The lowest BCUT2D eigenvalue weighted by molar-refractivity contribution is -0.100. The van der Waals surface area contributed by atoms with Gasteiger partial charge in [-0.15, -0.1) is 0 Å². The molecule has 11 rings (SSSR count). The molecule has 53 heavy (non-hydrogen) atoms. The van der Waals surface area contributed by atoms with Crippen LogP contribution in [-0.4, -0.2) is 45.7 Å². The molecule has 11 aliphatic rings. The highest BCUT2D eigenvalue weighted by atomic mass is 32.2. The maximum absolute atomic E-state index is 7.80. The summed E-state index contributed by atoms with van der Waals surface area (Å²) in [4.78, 5) is 3.37. The van der Waals surface area contributed by atoms with E-state index in [4.69, 9.17) is 4.74 Å². The second-order valence-corrected chi connectivity index (χ2v) is 23.9. The van der Waals surface area contributed by atoms with Crippen LogP contribution < -0.4 is 0 Å². The predicted molar refractivity (Wildman–Crippen MR) is 222 cm³/mol. The lowest BCUT2D eigenvalue weighted by Crippen LogP contribution is -2.58. The van der Waals surface area contributed by atoms with E-state index >= 15 is 0 Å².